The molecule has 0 N–H and O–H groups in total. The molecule has 0 aliphatic carbocycles. The number of carbonyl (C=O) groups is 1. The van der Waals surface area contributed by atoms with Crippen LogP contribution in [0.3, 0.4) is 0 Å². The number of likely N-dealkylation sites (tertiary alicyclic amines) is 2. The first kappa shape index (κ1) is 15.3. The van der Waals surface area contributed by atoms with Crippen molar-refractivity contribution in [2.75, 3.05) is 6.54 Å². The van der Waals surface area contributed by atoms with E-state index in [2.05, 4.69) is 20.9 Å². The van der Waals surface area contributed by atoms with E-state index >= 15 is 0 Å². The predicted molar refractivity (Wildman–Crippen MR) is 91.0 cm³/mol. The molecule has 2 aromatic heterocycles. The van der Waals surface area contributed by atoms with E-state index in [1.54, 1.807) is 6.20 Å². The SMILES string of the molecule is Cc1cccc(CN2C(=O)C[C@@H]3[C@H]2CCN3Cc2cccnc2)n1. The van der Waals surface area contributed by atoms with Crippen molar-refractivity contribution in [2.45, 2.75) is 44.9 Å². The monoisotopic (exact) mass is 322 g/mol. The molecule has 0 saturated carbocycles. The molecule has 5 heteroatoms. The summed E-state index contributed by atoms with van der Waals surface area (Å²) in [5, 5.41) is 0. The lowest BCUT2D eigenvalue weighted by molar-refractivity contribution is -0.129. The maximum Gasteiger partial charge on any atom is 0.224 e. The second-order valence-electron chi connectivity index (χ2n) is 6.75. The van der Waals surface area contributed by atoms with Crippen LogP contribution in [-0.4, -0.2) is 44.3 Å². The fourth-order valence-corrected chi connectivity index (χ4v) is 4.00. The number of rotatable bonds is 4. The molecule has 0 radical (unpaired) electrons. The van der Waals surface area contributed by atoms with E-state index < -0.39 is 0 Å². The molecule has 2 atom stereocenters. The zero-order valence-electron chi connectivity index (χ0n) is 13.9. The van der Waals surface area contributed by atoms with Gasteiger partial charge in [-0.1, -0.05) is 12.1 Å². The number of hydrogen-bond donors (Lipinski definition) is 0. The Kier molecular flexibility index (Phi) is 4.02. The highest BCUT2D eigenvalue weighted by Gasteiger charge is 2.46. The Morgan fingerprint density at radius 2 is 2.08 bits per heavy atom. The van der Waals surface area contributed by atoms with Gasteiger partial charge in [-0.3, -0.25) is 19.7 Å². The fraction of sp³-hybridized carbons (Fsp3) is 0.421. The lowest BCUT2D eigenvalue weighted by Crippen LogP contribution is -2.36. The minimum absolute atomic E-state index is 0.254. The highest BCUT2D eigenvalue weighted by Crippen LogP contribution is 2.34. The van der Waals surface area contributed by atoms with Crippen molar-refractivity contribution in [1.29, 1.82) is 0 Å². The van der Waals surface area contributed by atoms with Crippen LogP contribution in [-0.2, 0) is 17.9 Å². The summed E-state index contributed by atoms with van der Waals surface area (Å²) in [6.07, 6.45) is 5.38. The van der Waals surface area contributed by atoms with Crippen LogP contribution in [0.25, 0.3) is 0 Å². The summed E-state index contributed by atoms with van der Waals surface area (Å²) >= 11 is 0. The van der Waals surface area contributed by atoms with E-state index in [1.807, 2.05) is 42.3 Å². The van der Waals surface area contributed by atoms with Crippen LogP contribution in [0.1, 0.15) is 29.8 Å². The zero-order chi connectivity index (χ0) is 16.5. The van der Waals surface area contributed by atoms with E-state index in [9.17, 15) is 4.79 Å². The Morgan fingerprint density at radius 3 is 2.88 bits per heavy atom. The summed E-state index contributed by atoms with van der Waals surface area (Å²) < 4.78 is 0. The van der Waals surface area contributed by atoms with E-state index in [-0.39, 0.29) is 5.91 Å². The van der Waals surface area contributed by atoms with Crippen LogP contribution in [0.2, 0.25) is 0 Å². The van der Waals surface area contributed by atoms with Gasteiger partial charge in [-0.25, -0.2) is 0 Å². The van der Waals surface area contributed by atoms with Crippen molar-refractivity contribution < 1.29 is 4.79 Å². The molecule has 0 spiro atoms. The van der Waals surface area contributed by atoms with Gasteiger partial charge in [0.2, 0.25) is 5.91 Å². The second kappa shape index (κ2) is 6.32. The number of pyridine rings is 2. The van der Waals surface area contributed by atoms with Crippen molar-refractivity contribution in [2.24, 2.45) is 0 Å². The Labute approximate surface area is 142 Å². The number of nitrogens with zero attached hydrogens (tertiary/aromatic N) is 4. The van der Waals surface area contributed by atoms with Gasteiger partial charge in [-0.05, 0) is 37.1 Å². The first-order chi connectivity index (χ1) is 11.7. The molecule has 2 aliphatic rings. The number of hydrogen-bond acceptors (Lipinski definition) is 4. The Bertz CT molecular complexity index is 733. The first-order valence-electron chi connectivity index (χ1n) is 8.55. The first-order valence-corrected chi connectivity index (χ1v) is 8.55. The summed E-state index contributed by atoms with van der Waals surface area (Å²) in [7, 11) is 0. The molecule has 0 unspecified atom stereocenters. The molecule has 4 rings (SSSR count). The molecule has 0 aromatic carbocycles. The maximum absolute atomic E-state index is 12.5. The molecule has 0 bridgehead atoms. The Morgan fingerprint density at radius 1 is 1.17 bits per heavy atom. The number of aryl methyl sites for hydroxylation is 1. The van der Waals surface area contributed by atoms with Crippen LogP contribution < -0.4 is 0 Å². The van der Waals surface area contributed by atoms with Gasteiger partial charge in [0.1, 0.15) is 0 Å². The van der Waals surface area contributed by atoms with Gasteiger partial charge in [0.15, 0.2) is 0 Å². The smallest absolute Gasteiger partial charge is 0.224 e. The molecule has 2 aromatic rings. The zero-order valence-corrected chi connectivity index (χ0v) is 13.9. The molecule has 2 aliphatic heterocycles. The minimum Gasteiger partial charge on any atom is -0.332 e. The van der Waals surface area contributed by atoms with E-state index in [0.717, 1.165) is 30.9 Å². The highest BCUT2D eigenvalue weighted by atomic mass is 16.2. The number of carbonyl (C=O) groups excluding carboxylic acids is 1. The summed E-state index contributed by atoms with van der Waals surface area (Å²) in [5.74, 6) is 0.254. The van der Waals surface area contributed by atoms with Crippen molar-refractivity contribution in [3.63, 3.8) is 0 Å². The molecule has 2 fully saturated rings. The molecule has 2 saturated heterocycles. The van der Waals surface area contributed by atoms with Crippen LogP contribution in [0, 0.1) is 6.92 Å². The predicted octanol–water partition coefficient (Wildman–Crippen LogP) is 2.16. The van der Waals surface area contributed by atoms with Crippen LogP contribution >= 0.6 is 0 Å². The number of fused-ring (bicyclic) bond motifs is 1. The lowest BCUT2D eigenvalue weighted by Gasteiger charge is -2.25. The van der Waals surface area contributed by atoms with E-state index in [0.29, 0.717) is 25.0 Å². The van der Waals surface area contributed by atoms with Gasteiger partial charge in [0.05, 0.1) is 12.2 Å². The van der Waals surface area contributed by atoms with Gasteiger partial charge in [-0.15, -0.1) is 0 Å². The topological polar surface area (TPSA) is 49.3 Å². The third kappa shape index (κ3) is 2.91. The maximum atomic E-state index is 12.5. The van der Waals surface area contributed by atoms with Crippen molar-refractivity contribution in [3.05, 3.63) is 59.7 Å². The molecular weight excluding hydrogens is 300 g/mol. The summed E-state index contributed by atoms with van der Waals surface area (Å²) in [5.41, 5.74) is 3.19. The summed E-state index contributed by atoms with van der Waals surface area (Å²) in [6.45, 7) is 4.53. The third-order valence-electron chi connectivity index (χ3n) is 5.12. The van der Waals surface area contributed by atoms with Gasteiger partial charge in [0, 0.05) is 49.7 Å². The Balaban J connectivity index is 1.47. The molecular formula is C19H22N4O. The standard InChI is InChI=1S/C19H22N4O/c1-14-4-2-6-16(21-14)13-23-17-7-9-22(18(17)10-19(23)24)12-15-5-3-8-20-11-15/h2-6,8,11,17-18H,7,9-10,12-13H2,1H3/t17-,18-/m1/s1. The highest BCUT2D eigenvalue weighted by molar-refractivity contribution is 5.80. The van der Waals surface area contributed by atoms with Crippen molar-refractivity contribution >= 4 is 5.91 Å². The summed E-state index contributed by atoms with van der Waals surface area (Å²) in [4.78, 5) is 25.8. The lowest BCUT2D eigenvalue weighted by atomic mass is 10.1. The third-order valence-corrected chi connectivity index (χ3v) is 5.12. The second-order valence-corrected chi connectivity index (χ2v) is 6.75. The molecule has 124 valence electrons. The normalized spacial score (nSPS) is 23.7. The van der Waals surface area contributed by atoms with Crippen LogP contribution in [0.4, 0.5) is 0 Å². The quantitative estimate of drug-likeness (QED) is 0.865. The minimum atomic E-state index is 0.254. The van der Waals surface area contributed by atoms with E-state index in [4.69, 9.17) is 0 Å². The average Bonchev–Trinajstić information content (AvgIpc) is 3.09. The molecule has 4 heterocycles. The number of aromatic nitrogens is 2. The van der Waals surface area contributed by atoms with Gasteiger partial charge in [-0.2, -0.15) is 0 Å². The number of amides is 1. The van der Waals surface area contributed by atoms with Crippen molar-refractivity contribution in [1.82, 2.24) is 19.8 Å². The van der Waals surface area contributed by atoms with Crippen LogP contribution in [0.5, 0.6) is 0 Å². The fourth-order valence-electron chi connectivity index (χ4n) is 4.00. The van der Waals surface area contributed by atoms with Gasteiger partial charge < -0.3 is 4.90 Å². The van der Waals surface area contributed by atoms with Gasteiger partial charge >= 0.3 is 0 Å². The molecule has 1 amide bonds. The molecule has 5 nitrogen and oxygen atoms in total. The van der Waals surface area contributed by atoms with Crippen LogP contribution in [0.15, 0.2) is 42.7 Å². The molecule has 24 heavy (non-hydrogen) atoms. The average molecular weight is 322 g/mol. The van der Waals surface area contributed by atoms with Crippen molar-refractivity contribution in [3.8, 4) is 0 Å². The largest absolute Gasteiger partial charge is 0.332 e. The van der Waals surface area contributed by atoms with E-state index in [1.165, 1.54) is 5.56 Å². The summed E-state index contributed by atoms with van der Waals surface area (Å²) in [6, 6.07) is 10.7. The van der Waals surface area contributed by atoms with Gasteiger partial charge in [0.25, 0.3) is 0 Å². The Hall–Kier alpha value is -2.27.